The van der Waals surface area contributed by atoms with Crippen LogP contribution in [0.2, 0.25) is 0 Å². The molecule has 0 spiro atoms. The fourth-order valence-corrected chi connectivity index (χ4v) is 4.64. The van der Waals surface area contributed by atoms with Gasteiger partial charge in [-0.2, -0.15) is 4.31 Å². The van der Waals surface area contributed by atoms with Gasteiger partial charge in [0.15, 0.2) is 0 Å². The minimum Gasteiger partial charge on any atom is -0.383 e. The number of methoxy groups -OCH3 is 2. The van der Waals surface area contributed by atoms with E-state index in [4.69, 9.17) is 9.47 Å². The van der Waals surface area contributed by atoms with Crippen molar-refractivity contribution in [1.29, 1.82) is 0 Å². The molecule has 1 N–H and O–H groups in total. The Morgan fingerprint density at radius 1 is 1.03 bits per heavy atom. The third-order valence-electron chi connectivity index (χ3n) is 4.84. The second kappa shape index (κ2) is 10.0. The number of para-hydroxylation sites is 2. The van der Waals surface area contributed by atoms with Crippen LogP contribution in [0.4, 0.5) is 11.4 Å². The van der Waals surface area contributed by atoms with E-state index in [0.29, 0.717) is 11.4 Å². The summed E-state index contributed by atoms with van der Waals surface area (Å²) >= 11 is 0. The third kappa shape index (κ3) is 5.10. The van der Waals surface area contributed by atoms with Crippen LogP contribution < -0.4 is 10.2 Å². The predicted molar refractivity (Wildman–Crippen MR) is 116 cm³/mol. The quantitative estimate of drug-likeness (QED) is 0.626. The van der Waals surface area contributed by atoms with Gasteiger partial charge in [0.05, 0.1) is 29.5 Å². The summed E-state index contributed by atoms with van der Waals surface area (Å²) in [5.41, 5.74) is 1.43. The molecule has 1 heterocycles. The average molecular weight is 448 g/mol. The van der Waals surface area contributed by atoms with E-state index in [1.807, 2.05) is 0 Å². The molecule has 3 rings (SSSR count). The molecular weight excluding hydrogens is 422 g/mol. The number of carbonyl (C=O) groups is 2. The number of fused-ring (bicyclic) bond motifs is 1. The zero-order valence-corrected chi connectivity index (χ0v) is 18.2. The van der Waals surface area contributed by atoms with Gasteiger partial charge < -0.3 is 14.8 Å². The highest BCUT2D eigenvalue weighted by atomic mass is 32.2. The van der Waals surface area contributed by atoms with Crippen molar-refractivity contribution in [3.8, 4) is 0 Å². The first-order valence-corrected chi connectivity index (χ1v) is 11.1. The molecule has 0 aromatic heterocycles. The maximum absolute atomic E-state index is 13.0. The van der Waals surface area contributed by atoms with Crippen LogP contribution in [0.15, 0.2) is 53.4 Å². The molecular formula is C21H25N3O6S. The normalized spacial score (nSPS) is 13.8. The second-order valence-corrected chi connectivity index (χ2v) is 8.81. The summed E-state index contributed by atoms with van der Waals surface area (Å²) in [5.74, 6) is -0.681. The van der Waals surface area contributed by atoms with Gasteiger partial charge in [-0.1, -0.05) is 12.1 Å². The lowest BCUT2D eigenvalue weighted by Crippen LogP contribution is -2.42. The number of nitrogens with one attached hydrogen (secondary N) is 1. The van der Waals surface area contributed by atoms with Crippen LogP contribution in [-0.4, -0.2) is 71.6 Å². The van der Waals surface area contributed by atoms with Crippen molar-refractivity contribution in [2.45, 2.75) is 4.90 Å². The molecule has 2 aromatic rings. The van der Waals surface area contributed by atoms with Crippen molar-refractivity contribution in [3.05, 3.63) is 54.1 Å². The standard InChI is InChI=1S/C21H25N3O6S/c1-29-13-11-23(12-14-30-2)31(27,28)17-9-7-16(8-10-17)21(26)24-15-20(25)22-18-5-3-4-6-19(18)24/h3-10H,11-15H2,1-2H3,(H,22,25). The molecule has 2 amide bonds. The van der Waals surface area contributed by atoms with Crippen LogP contribution in [0.5, 0.6) is 0 Å². The molecule has 0 aliphatic carbocycles. The van der Waals surface area contributed by atoms with Gasteiger partial charge in [-0.25, -0.2) is 8.42 Å². The molecule has 0 atom stereocenters. The Morgan fingerprint density at radius 3 is 2.26 bits per heavy atom. The monoisotopic (exact) mass is 447 g/mol. The number of hydrogen-bond acceptors (Lipinski definition) is 6. The zero-order chi connectivity index (χ0) is 22.4. The van der Waals surface area contributed by atoms with Crippen molar-refractivity contribution in [3.63, 3.8) is 0 Å². The maximum Gasteiger partial charge on any atom is 0.258 e. The van der Waals surface area contributed by atoms with E-state index < -0.39 is 10.0 Å². The van der Waals surface area contributed by atoms with Crippen LogP contribution >= 0.6 is 0 Å². The van der Waals surface area contributed by atoms with Crippen molar-refractivity contribution >= 4 is 33.2 Å². The number of benzene rings is 2. The van der Waals surface area contributed by atoms with Crippen molar-refractivity contribution in [2.75, 3.05) is 57.3 Å². The Kier molecular flexibility index (Phi) is 7.39. The van der Waals surface area contributed by atoms with Crippen LogP contribution in [0, 0.1) is 0 Å². The Balaban J connectivity index is 1.84. The number of sulfonamides is 1. The first-order chi connectivity index (χ1) is 14.9. The van der Waals surface area contributed by atoms with E-state index in [0.717, 1.165) is 0 Å². The van der Waals surface area contributed by atoms with Crippen molar-refractivity contribution in [1.82, 2.24) is 4.31 Å². The number of carbonyl (C=O) groups excluding carboxylic acids is 2. The topological polar surface area (TPSA) is 105 Å². The number of amides is 2. The first-order valence-electron chi connectivity index (χ1n) is 9.67. The van der Waals surface area contributed by atoms with Gasteiger partial charge in [0.25, 0.3) is 5.91 Å². The molecule has 0 saturated carbocycles. The van der Waals surface area contributed by atoms with Gasteiger partial charge in [0.1, 0.15) is 6.54 Å². The Bertz CT molecular complexity index is 1030. The van der Waals surface area contributed by atoms with E-state index in [1.165, 1.54) is 47.7 Å². The van der Waals surface area contributed by atoms with E-state index in [-0.39, 0.29) is 55.1 Å². The van der Waals surface area contributed by atoms with Gasteiger partial charge in [-0.15, -0.1) is 0 Å². The molecule has 31 heavy (non-hydrogen) atoms. The largest absolute Gasteiger partial charge is 0.383 e. The molecule has 0 radical (unpaired) electrons. The molecule has 0 unspecified atom stereocenters. The molecule has 2 aromatic carbocycles. The summed E-state index contributed by atoms with van der Waals surface area (Å²) in [4.78, 5) is 26.5. The van der Waals surface area contributed by atoms with Crippen molar-refractivity contribution in [2.24, 2.45) is 0 Å². The summed E-state index contributed by atoms with van der Waals surface area (Å²) in [6.45, 7) is 0.745. The Hall–Kier alpha value is -2.79. The van der Waals surface area contributed by atoms with Crippen LogP contribution in [0.1, 0.15) is 10.4 Å². The number of anilines is 2. The SMILES string of the molecule is COCCN(CCOC)S(=O)(=O)c1ccc(C(=O)N2CC(=O)Nc3ccccc32)cc1. The fraction of sp³-hybridized carbons (Fsp3) is 0.333. The molecule has 1 aliphatic heterocycles. The predicted octanol–water partition coefficient (Wildman–Crippen LogP) is 1.57. The van der Waals surface area contributed by atoms with Gasteiger partial charge in [0.2, 0.25) is 15.9 Å². The van der Waals surface area contributed by atoms with Gasteiger partial charge >= 0.3 is 0 Å². The summed E-state index contributed by atoms with van der Waals surface area (Å²) in [7, 11) is -0.785. The molecule has 0 bridgehead atoms. The number of rotatable bonds is 9. The summed E-state index contributed by atoms with van der Waals surface area (Å²) in [6.07, 6.45) is 0. The van der Waals surface area contributed by atoms with Gasteiger partial charge in [0, 0.05) is 32.9 Å². The number of nitrogens with zero attached hydrogens (tertiary/aromatic N) is 2. The lowest BCUT2D eigenvalue weighted by Gasteiger charge is -2.29. The van der Waals surface area contributed by atoms with Gasteiger partial charge in [-0.3, -0.25) is 14.5 Å². The maximum atomic E-state index is 13.0. The molecule has 0 saturated heterocycles. The summed E-state index contributed by atoms with van der Waals surface area (Å²) in [6, 6.07) is 12.7. The first kappa shape index (κ1) is 22.9. The van der Waals surface area contributed by atoms with E-state index in [1.54, 1.807) is 24.3 Å². The highest BCUT2D eigenvalue weighted by molar-refractivity contribution is 7.89. The molecule has 9 nitrogen and oxygen atoms in total. The third-order valence-corrected chi connectivity index (χ3v) is 6.76. The van der Waals surface area contributed by atoms with Crippen LogP contribution in [0.3, 0.4) is 0 Å². The average Bonchev–Trinajstić information content (AvgIpc) is 2.78. The summed E-state index contributed by atoms with van der Waals surface area (Å²) in [5, 5.41) is 2.73. The minimum atomic E-state index is -3.79. The zero-order valence-electron chi connectivity index (χ0n) is 17.4. The minimum absolute atomic E-state index is 0.0630. The Labute approximate surface area is 181 Å². The molecule has 166 valence electrons. The van der Waals surface area contributed by atoms with Crippen molar-refractivity contribution < 1.29 is 27.5 Å². The van der Waals surface area contributed by atoms with E-state index >= 15 is 0 Å². The smallest absolute Gasteiger partial charge is 0.258 e. The van der Waals surface area contributed by atoms with E-state index in [9.17, 15) is 18.0 Å². The molecule has 10 heteroatoms. The van der Waals surface area contributed by atoms with Gasteiger partial charge in [-0.05, 0) is 36.4 Å². The van der Waals surface area contributed by atoms with Crippen LogP contribution in [-0.2, 0) is 24.3 Å². The molecule has 0 fully saturated rings. The lowest BCUT2D eigenvalue weighted by molar-refractivity contribution is -0.115. The highest BCUT2D eigenvalue weighted by Gasteiger charge is 2.28. The van der Waals surface area contributed by atoms with E-state index in [2.05, 4.69) is 5.32 Å². The fourth-order valence-electron chi connectivity index (χ4n) is 3.23. The second-order valence-electron chi connectivity index (χ2n) is 6.87. The number of hydrogen-bond donors (Lipinski definition) is 1. The number of ether oxygens (including phenoxy) is 2. The Morgan fingerprint density at radius 2 is 1.65 bits per heavy atom. The van der Waals surface area contributed by atoms with Crippen LogP contribution in [0.25, 0.3) is 0 Å². The highest BCUT2D eigenvalue weighted by Crippen LogP contribution is 2.30. The summed E-state index contributed by atoms with van der Waals surface area (Å²) < 4.78 is 37.3. The molecule has 1 aliphatic rings. The lowest BCUT2D eigenvalue weighted by atomic mass is 10.1.